The van der Waals surface area contributed by atoms with Crippen molar-refractivity contribution >= 4 is 11.9 Å². The maximum absolute atomic E-state index is 11.7. The number of hydrogen-bond donors (Lipinski definition) is 0. The zero-order valence-corrected chi connectivity index (χ0v) is 11.8. The predicted octanol–water partition coefficient (Wildman–Crippen LogP) is 3.29. The first-order valence-electron chi connectivity index (χ1n) is 7.14. The zero-order valence-electron chi connectivity index (χ0n) is 11.8. The van der Waals surface area contributed by atoms with Gasteiger partial charge in [0, 0.05) is 24.0 Å². The van der Waals surface area contributed by atoms with Crippen LogP contribution in [-0.2, 0) is 9.59 Å². The number of ether oxygens (including phenoxy) is 2. The number of rotatable bonds is 0. The van der Waals surface area contributed by atoms with E-state index in [9.17, 15) is 9.59 Å². The molecule has 0 fully saturated rings. The molecule has 2 aliphatic rings. The van der Waals surface area contributed by atoms with E-state index in [1.54, 1.807) is 0 Å². The van der Waals surface area contributed by atoms with Gasteiger partial charge in [-0.05, 0) is 36.8 Å². The fourth-order valence-electron chi connectivity index (χ4n) is 2.87. The van der Waals surface area contributed by atoms with Crippen molar-refractivity contribution in [3.63, 3.8) is 0 Å². The highest BCUT2D eigenvalue weighted by molar-refractivity contribution is 5.76. The van der Waals surface area contributed by atoms with Crippen LogP contribution in [0.3, 0.4) is 0 Å². The van der Waals surface area contributed by atoms with Crippen LogP contribution in [0.5, 0.6) is 11.5 Å². The summed E-state index contributed by atoms with van der Waals surface area (Å²) in [5.74, 6) is 1.33. The normalized spacial score (nSPS) is 25.7. The van der Waals surface area contributed by atoms with E-state index in [0.29, 0.717) is 24.3 Å². The molecule has 2 atom stereocenters. The van der Waals surface area contributed by atoms with Gasteiger partial charge >= 0.3 is 11.9 Å². The summed E-state index contributed by atoms with van der Waals surface area (Å²) in [5.41, 5.74) is 1.91. The molecule has 0 aliphatic carbocycles. The van der Waals surface area contributed by atoms with Crippen molar-refractivity contribution in [2.24, 2.45) is 0 Å². The lowest BCUT2D eigenvalue weighted by molar-refractivity contribution is -0.135. The number of carbonyl (C=O) groups excluding carboxylic acids is 2. The van der Waals surface area contributed by atoms with Gasteiger partial charge in [-0.3, -0.25) is 9.59 Å². The van der Waals surface area contributed by atoms with E-state index in [1.807, 2.05) is 12.1 Å². The van der Waals surface area contributed by atoms with Crippen molar-refractivity contribution in [3.8, 4) is 11.5 Å². The summed E-state index contributed by atoms with van der Waals surface area (Å²) in [4.78, 5) is 23.3. The molecule has 0 unspecified atom stereocenters. The highest BCUT2D eigenvalue weighted by atomic mass is 16.5. The Morgan fingerprint density at radius 3 is 1.65 bits per heavy atom. The lowest BCUT2D eigenvalue weighted by Crippen LogP contribution is -2.07. The minimum atomic E-state index is -0.186. The summed E-state index contributed by atoms with van der Waals surface area (Å²) in [7, 11) is 0. The third kappa shape index (κ3) is 2.30. The fraction of sp³-hybridized carbons (Fsp3) is 0.500. The molecule has 1 aromatic rings. The van der Waals surface area contributed by atoms with Crippen LogP contribution in [0, 0.1) is 0 Å². The van der Waals surface area contributed by atoms with Gasteiger partial charge in [0.25, 0.3) is 0 Å². The van der Waals surface area contributed by atoms with E-state index in [-0.39, 0.29) is 23.8 Å². The van der Waals surface area contributed by atoms with Crippen molar-refractivity contribution in [1.82, 2.24) is 0 Å². The van der Waals surface area contributed by atoms with Crippen LogP contribution in [-0.4, -0.2) is 11.9 Å². The summed E-state index contributed by atoms with van der Waals surface area (Å²) in [6.45, 7) is 4.13. The van der Waals surface area contributed by atoms with Crippen molar-refractivity contribution < 1.29 is 19.1 Å². The van der Waals surface area contributed by atoms with Crippen molar-refractivity contribution in [3.05, 3.63) is 23.3 Å². The lowest BCUT2D eigenvalue weighted by atomic mass is 9.90. The zero-order chi connectivity index (χ0) is 14.3. The molecule has 0 radical (unpaired) electrons. The van der Waals surface area contributed by atoms with E-state index in [4.69, 9.17) is 9.47 Å². The first-order valence-corrected chi connectivity index (χ1v) is 7.14. The topological polar surface area (TPSA) is 52.6 Å². The van der Waals surface area contributed by atoms with Gasteiger partial charge in [0.2, 0.25) is 0 Å². The summed E-state index contributed by atoms with van der Waals surface area (Å²) in [6, 6.07) is 3.77. The van der Waals surface area contributed by atoms with E-state index in [1.165, 1.54) is 0 Å². The van der Waals surface area contributed by atoms with Gasteiger partial charge in [0.15, 0.2) is 0 Å². The monoisotopic (exact) mass is 274 g/mol. The molecule has 20 heavy (non-hydrogen) atoms. The molecule has 0 bridgehead atoms. The number of fused-ring (bicyclic) bond motifs is 2. The molecular weight excluding hydrogens is 256 g/mol. The largest absolute Gasteiger partial charge is 0.426 e. The molecule has 3 rings (SSSR count). The Labute approximate surface area is 118 Å². The highest BCUT2D eigenvalue weighted by Gasteiger charge is 2.27. The summed E-state index contributed by atoms with van der Waals surface area (Å²) in [6.07, 6.45) is 2.37. The molecule has 4 nitrogen and oxygen atoms in total. The predicted molar refractivity (Wildman–Crippen MR) is 73.0 cm³/mol. The smallest absolute Gasteiger partial charge is 0.311 e. The Kier molecular flexibility index (Phi) is 3.24. The summed E-state index contributed by atoms with van der Waals surface area (Å²) in [5, 5.41) is 0. The van der Waals surface area contributed by atoms with Crippen LogP contribution in [0.1, 0.15) is 62.5 Å². The molecule has 0 N–H and O–H groups in total. The Balaban J connectivity index is 2.11. The van der Waals surface area contributed by atoms with Gasteiger partial charge in [-0.1, -0.05) is 13.8 Å². The number of esters is 2. The van der Waals surface area contributed by atoms with E-state index < -0.39 is 0 Å². The SMILES string of the molecule is C[C@@H]1CCC(=O)Oc2cc3c(cc21)OC(=O)CC[C@H]3C. The van der Waals surface area contributed by atoms with E-state index >= 15 is 0 Å². The van der Waals surface area contributed by atoms with E-state index in [2.05, 4.69) is 13.8 Å². The second-order valence-electron chi connectivity index (χ2n) is 5.76. The molecule has 106 valence electrons. The molecular formula is C16H18O4. The first kappa shape index (κ1) is 13.2. The van der Waals surface area contributed by atoms with Crippen molar-refractivity contribution in [2.75, 3.05) is 0 Å². The van der Waals surface area contributed by atoms with Crippen molar-refractivity contribution in [1.29, 1.82) is 0 Å². The lowest BCUT2D eigenvalue weighted by Gasteiger charge is -2.17. The molecule has 0 saturated heterocycles. The third-order valence-corrected chi connectivity index (χ3v) is 4.21. The maximum atomic E-state index is 11.7. The molecule has 1 aromatic carbocycles. The van der Waals surface area contributed by atoms with Gasteiger partial charge < -0.3 is 9.47 Å². The molecule has 0 aromatic heterocycles. The average Bonchev–Trinajstić information content (AvgIpc) is 2.63. The highest BCUT2D eigenvalue weighted by Crippen LogP contribution is 2.42. The van der Waals surface area contributed by atoms with Crippen LogP contribution < -0.4 is 9.47 Å². The average molecular weight is 274 g/mol. The minimum Gasteiger partial charge on any atom is -0.426 e. The van der Waals surface area contributed by atoms with Crippen LogP contribution in [0.4, 0.5) is 0 Å². The quantitative estimate of drug-likeness (QED) is 0.538. The van der Waals surface area contributed by atoms with Crippen molar-refractivity contribution in [2.45, 2.75) is 51.4 Å². The second kappa shape index (κ2) is 4.93. The molecule has 0 spiro atoms. The summed E-state index contributed by atoms with van der Waals surface area (Å²) >= 11 is 0. The maximum Gasteiger partial charge on any atom is 0.311 e. The van der Waals surface area contributed by atoms with Gasteiger partial charge in [0.1, 0.15) is 11.5 Å². The van der Waals surface area contributed by atoms with Crippen LogP contribution in [0.25, 0.3) is 0 Å². The Bertz CT molecular complexity index is 524. The Morgan fingerprint density at radius 2 is 1.25 bits per heavy atom. The van der Waals surface area contributed by atoms with Crippen LogP contribution >= 0.6 is 0 Å². The third-order valence-electron chi connectivity index (χ3n) is 4.21. The van der Waals surface area contributed by atoms with Crippen LogP contribution in [0.15, 0.2) is 12.1 Å². The van der Waals surface area contributed by atoms with Crippen LogP contribution in [0.2, 0.25) is 0 Å². The number of benzene rings is 1. The standard InChI is InChI=1S/C16H18O4/c1-9-3-5-15(17)19-13-8-12-10(2)4-6-16(18)20-14(12)7-11(9)13/h7-10H,3-6H2,1-2H3/t9-,10-/m1/s1. The summed E-state index contributed by atoms with van der Waals surface area (Å²) < 4.78 is 10.9. The minimum absolute atomic E-state index is 0.186. The van der Waals surface area contributed by atoms with Gasteiger partial charge in [0.05, 0.1) is 0 Å². The Morgan fingerprint density at radius 1 is 0.850 bits per heavy atom. The molecule has 2 heterocycles. The van der Waals surface area contributed by atoms with Gasteiger partial charge in [-0.2, -0.15) is 0 Å². The molecule has 2 aliphatic heterocycles. The molecule has 0 amide bonds. The molecule has 4 heteroatoms. The Hall–Kier alpha value is -1.84. The fourth-order valence-corrected chi connectivity index (χ4v) is 2.87. The second-order valence-corrected chi connectivity index (χ2v) is 5.76. The first-order chi connectivity index (χ1) is 9.54. The number of carbonyl (C=O) groups is 2. The van der Waals surface area contributed by atoms with E-state index in [0.717, 1.165) is 24.0 Å². The molecule has 0 saturated carbocycles. The van der Waals surface area contributed by atoms with Gasteiger partial charge in [-0.15, -0.1) is 0 Å². The number of hydrogen-bond acceptors (Lipinski definition) is 4. The van der Waals surface area contributed by atoms with Gasteiger partial charge in [-0.25, -0.2) is 0 Å².